The van der Waals surface area contributed by atoms with E-state index >= 15 is 0 Å². The van der Waals surface area contributed by atoms with Crippen LogP contribution in [-0.2, 0) is 9.53 Å². The lowest BCUT2D eigenvalue weighted by molar-refractivity contribution is -0.154. The summed E-state index contributed by atoms with van der Waals surface area (Å²) in [5, 5.41) is 0. The molecule has 1 aliphatic rings. The number of carbonyl (C=O) groups is 1. The molecule has 0 saturated carbocycles. The van der Waals surface area contributed by atoms with Gasteiger partial charge in [-0.05, 0) is 66.1 Å². The lowest BCUT2D eigenvalue weighted by Crippen LogP contribution is -2.40. The number of piperidine rings is 1. The number of ether oxygens (including phenoxy) is 1. The Morgan fingerprint density at radius 3 is 2.44 bits per heavy atom. The Labute approximate surface area is 111 Å². The second-order valence-corrected chi connectivity index (χ2v) is 6.22. The molecule has 1 fully saturated rings. The van der Waals surface area contributed by atoms with E-state index in [-0.39, 0.29) is 11.6 Å². The predicted octanol–water partition coefficient (Wildman–Crippen LogP) is 1.92. The van der Waals surface area contributed by atoms with E-state index in [2.05, 4.69) is 4.90 Å². The maximum atomic E-state index is 11.5. The average Bonchev–Trinajstić information content (AvgIpc) is 2.24. The molecule has 1 rings (SSSR count). The summed E-state index contributed by atoms with van der Waals surface area (Å²) in [5.74, 6) is -0.0804. The van der Waals surface area contributed by atoms with Gasteiger partial charge in [0, 0.05) is 12.5 Å². The van der Waals surface area contributed by atoms with Gasteiger partial charge in [0.15, 0.2) is 0 Å². The van der Waals surface area contributed by atoms with E-state index in [0.29, 0.717) is 12.5 Å². The Kier molecular flexibility index (Phi) is 6.09. The number of nitrogens with zero attached hydrogens (tertiary/aromatic N) is 1. The van der Waals surface area contributed by atoms with Crippen LogP contribution >= 0.6 is 0 Å². The van der Waals surface area contributed by atoms with Gasteiger partial charge in [0.1, 0.15) is 5.60 Å². The predicted molar refractivity (Wildman–Crippen MR) is 73.3 cm³/mol. The molecule has 18 heavy (non-hydrogen) atoms. The number of likely N-dealkylation sites (tertiary alicyclic amines) is 1. The molecule has 0 aromatic carbocycles. The van der Waals surface area contributed by atoms with Crippen LogP contribution < -0.4 is 5.73 Å². The standard InChI is InChI=1S/C14H28N2O2/c1-14(2,3)18-13(17)6-4-5-9-16-10-7-12(15)8-11-16/h12H,4-11,15H2,1-3H3. The van der Waals surface area contributed by atoms with Crippen molar-refractivity contribution in [3.05, 3.63) is 0 Å². The first-order valence-corrected chi connectivity index (χ1v) is 7.06. The molecule has 0 unspecified atom stereocenters. The topological polar surface area (TPSA) is 55.6 Å². The number of carbonyl (C=O) groups excluding carboxylic acids is 1. The molecule has 0 aromatic rings. The number of hydrogen-bond acceptors (Lipinski definition) is 4. The average molecular weight is 256 g/mol. The number of hydrogen-bond donors (Lipinski definition) is 1. The molecule has 1 aliphatic heterocycles. The molecule has 106 valence electrons. The van der Waals surface area contributed by atoms with E-state index in [4.69, 9.17) is 10.5 Å². The van der Waals surface area contributed by atoms with Crippen molar-refractivity contribution in [1.29, 1.82) is 0 Å². The van der Waals surface area contributed by atoms with Gasteiger partial charge >= 0.3 is 5.97 Å². The van der Waals surface area contributed by atoms with Crippen molar-refractivity contribution in [2.45, 2.75) is 64.5 Å². The smallest absolute Gasteiger partial charge is 0.306 e. The van der Waals surface area contributed by atoms with Gasteiger partial charge in [0.05, 0.1) is 0 Å². The minimum absolute atomic E-state index is 0.0804. The van der Waals surface area contributed by atoms with Crippen molar-refractivity contribution in [3.8, 4) is 0 Å². The van der Waals surface area contributed by atoms with E-state index in [1.807, 2.05) is 20.8 Å². The van der Waals surface area contributed by atoms with E-state index in [1.165, 1.54) is 0 Å². The van der Waals surface area contributed by atoms with Gasteiger partial charge in [-0.2, -0.15) is 0 Å². The molecule has 0 radical (unpaired) electrons. The third-order valence-corrected chi connectivity index (χ3v) is 3.16. The van der Waals surface area contributed by atoms with Crippen molar-refractivity contribution in [1.82, 2.24) is 4.90 Å². The first kappa shape index (κ1) is 15.4. The van der Waals surface area contributed by atoms with Crippen LogP contribution in [-0.4, -0.2) is 42.1 Å². The van der Waals surface area contributed by atoms with Crippen LogP contribution in [0.5, 0.6) is 0 Å². The fourth-order valence-corrected chi connectivity index (χ4v) is 2.17. The SMILES string of the molecule is CC(C)(C)OC(=O)CCCCN1CCC(N)CC1. The molecule has 2 N–H and O–H groups in total. The summed E-state index contributed by atoms with van der Waals surface area (Å²) < 4.78 is 5.27. The van der Waals surface area contributed by atoms with Gasteiger partial charge < -0.3 is 15.4 Å². The number of nitrogens with two attached hydrogens (primary N) is 1. The number of rotatable bonds is 5. The molecule has 0 aliphatic carbocycles. The summed E-state index contributed by atoms with van der Waals surface area (Å²) in [6, 6.07) is 0.392. The molecular weight excluding hydrogens is 228 g/mol. The molecule has 1 saturated heterocycles. The van der Waals surface area contributed by atoms with Gasteiger partial charge in [-0.15, -0.1) is 0 Å². The Balaban J connectivity index is 2.03. The van der Waals surface area contributed by atoms with Gasteiger partial charge in [-0.3, -0.25) is 4.79 Å². The zero-order valence-electron chi connectivity index (χ0n) is 12.1. The highest BCUT2D eigenvalue weighted by atomic mass is 16.6. The Morgan fingerprint density at radius 1 is 1.28 bits per heavy atom. The highest BCUT2D eigenvalue weighted by molar-refractivity contribution is 5.69. The van der Waals surface area contributed by atoms with Crippen molar-refractivity contribution < 1.29 is 9.53 Å². The lowest BCUT2D eigenvalue weighted by Gasteiger charge is -2.29. The minimum atomic E-state index is -0.361. The molecule has 0 bridgehead atoms. The highest BCUT2D eigenvalue weighted by Gasteiger charge is 2.17. The normalized spacial score (nSPS) is 18.9. The van der Waals surface area contributed by atoms with Gasteiger partial charge in [0.2, 0.25) is 0 Å². The number of unbranched alkanes of at least 4 members (excludes halogenated alkanes) is 1. The summed E-state index contributed by atoms with van der Waals surface area (Å²) in [6.07, 6.45) is 4.72. The Hall–Kier alpha value is -0.610. The Bertz CT molecular complexity index is 253. The molecule has 0 atom stereocenters. The van der Waals surface area contributed by atoms with Crippen molar-refractivity contribution in [3.63, 3.8) is 0 Å². The monoisotopic (exact) mass is 256 g/mol. The third kappa shape index (κ3) is 6.97. The largest absolute Gasteiger partial charge is 0.460 e. The first-order chi connectivity index (χ1) is 8.37. The van der Waals surface area contributed by atoms with E-state index < -0.39 is 0 Å². The number of esters is 1. The minimum Gasteiger partial charge on any atom is -0.460 e. The molecule has 0 amide bonds. The maximum Gasteiger partial charge on any atom is 0.306 e. The van der Waals surface area contributed by atoms with Gasteiger partial charge in [-0.1, -0.05) is 0 Å². The summed E-state index contributed by atoms with van der Waals surface area (Å²) in [7, 11) is 0. The zero-order valence-corrected chi connectivity index (χ0v) is 12.1. The van der Waals surface area contributed by atoms with Crippen LogP contribution in [0.15, 0.2) is 0 Å². The molecule has 0 spiro atoms. The van der Waals surface area contributed by atoms with E-state index in [0.717, 1.165) is 45.3 Å². The van der Waals surface area contributed by atoms with E-state index in [9.17, 15) is 4.79 Å². The quantitative estimate of drug-likeness (QED) is 0.603. The fourth-order valence-electron chi connectivity index (χ4n) is 2.17. The molecule has 4 heteroatoms. The van der Waals surface area contributed by atoms with Crippen LogP contribution in [0.1, 0.15) is 52.9 Å². The summed E-state index contributed by atoms with van der Waals surface area (Å²) in [6.45, 7) is 9.00. The molecule has 1 heterocycles. The summed E-state index contributed by atoms with van der Waals surface area (Å²) in [4.78, 5) is 13.9. The van der Waals surface area contributed by atoms with Gasteiger partial charge in [0.25, 0.3) is 0 Å². The first-order valence-electron chi connectivity index (χ1n) is 7.06. The zero-order chi connectivity index (χ0) is 13.6. The van der Waals surface area contributed by atoms with Crippen molar-refractivity contribution in [2.24, 2.45) is 5.73 Å². The molecule has 0 aromatic heterocycles. The third-order valence-electron chi connectivity index (χ3n) is 3.16. The second-order valence-electron chi connectivity index (χ2n) is 6.22. The van der Waals surface area contributed by atoms with Crippen LogP contribution in [0.25, 0.3) is 0 Å². The highest BCUT2D eigenvalue weighted by Crippen LogP contribution is 2.12. The Morgan fingerprint density at radius 2 is 1.89 bits per heavy atom. The van der Waals surface area contributed by atoms with Crippen molar-refractivity contribution >= 4 is 5.97 Å². The van der Waals surface area contributed by atoms with Crippen LogP contribution in [0.3, 0.4) is 0 Å². The fraction of sp³-hybridized carbons (Fsp3) is 0.929. The summed E-state index contributed by atoms with van der Waals surface area (Å²) in [5.41, 5.74) is 5.50. The van der Waals surface area contributed by atoms with Gasteiger partial charge in [-0.25, -0.2) is 0 Å². The second kappa shape index (κ2) is 7.10. The van der Waals surface area contributed by atoms with Crippen LogP contribution in [0.2, 0.25) is 0 Å². The van der Waals surface area contributed by atoms with Crippen molar-refractivity contribution in [2.75, 3.05) is 19.6 Å². The molecule has 4 nitrogen and oxygen atoms in total. The lowest BCUT2D eigenvalue weighted by atomic mass is 10.1. The van der Waals surface area contributed by atoms with E-state index in [1.54, 1.807) is 0 Å². The van der Waals surface area contributed by atoms with Crippen LogP contribution in [0, 0.1) is 0 Å². The maximum absolute atomic E-state index is 11.5. The summed E-state index contributed by atoms with van der Waals surface area (Å²) >= 11 is 0. The van der Waals surface area contributed by atoms with Crippen LogP contribution in [0.4, 0.5) is 0 Å². The molecular formula is C14H28N2O2.